The average Bonchev–Trinajstić information content (AvgIpc) is 2.83. The van der Waals surface area contributed by atoms with Crippen LogP contribution < -0.4 is 5.32 Å². The molecule has 7 nitrogen and oxygen atoms in total. The van der Waals surface area contributed by atoms with Gasteiger partial charge in [-0.3, -0.25) is 9.79 Å². The van der Waals surface area contributed by atoms with Crippen LogP contribution in [0.2, 0.25) is 0 Å². The molecule has 0 aromatic carbocycles. The van der Waals surface area contributed by atoms with Gasteiger partial charge < -0.3 is 20.2 Å². The zero-order valence-electron chi connectivity index (χ0n) is 13.2. The highest BCUT2D eigenvalue weighted by atomic mass is 32.2. The molecular weight excluding hydrogens is 304 g/mol. The Labute approximate surface area is 135 Å². The molecule has 0 atom stereocenters. The molecule has 2 aliphatic rings. The number of aliphatic carboxylic acids is 1. The van der Waals surface area contributed by atoms with Crippen molar-refractivity contribution in [3.63, 3.8) is 0 Å². The van der Waals surface area contributed by atoms with Gasteiger partial charge in [-0.15, -0.1) is 0 Å². The molecule has 0 aromatic rings. The van der Waals surface area contributed by atoms with Crippen LogP contribution in [0.15, 0.2) is 4.99 Å². The minimum Gasteiger partial charge on any atom is -0.481 e. The van der Waals surface area contributed by atoms with Gasteiger partial charge in [-0.05, 0) is 20.3 Å². The maximum absolute atomic E-state index is 12.0. The number of carbonyl (C=O) groups is 2. The molecule has 0 radical (unpaired) electrons. The molecule has 0 aliphatic carbocycles. The van der Waals surface area contributed by atoms with E-state index in [1.54, 1.807) is 16.7 Å². The van der Waals surface area contributed by atoms with E-state index in [1.165, 1.54) is 0 Å². The van der Waals surface area contributed by atoms with Crippen LogP contribution in [0.5, 0.6) is 0 Å². The molecule has 1 fully saturated rings. The number of nitrogens with zero attached hydrogens (tertiary/aromatic N) is 3. The molecule has 2 amide bonds. The lowest BCUT2D eigenvalue weighted by atomic mass is 10.2. The fourth-order valence-corrected chi connectivity index (χ4v) is 3.45. The van der Waals surface area contributed by atoms with Gasteiger partial charge in [0.15, 0.2) is 5.17 Å². The molecule has 0 aromatic heterocycles. The van der Waals surface area contributed by atoms with E-state index in [-0.39, 0.29) is 17.2 Å². The zero-order valence-corrected chi connectivity index (χ0v) is 14.0. The van der Waals surface area contributed by atoms with E-state index in [1.807, 2.05) is 0 Å². The van der Waals surface area contributed by atoms with Crippen LogP contribution >= 0.6 is 11.8 Å². The number of carbonyl (C=O) groups excluding carboxylic acids is 1. The molecule has 2 aliphatic heterocycles. The summed E-state index contributed by atoms with van der Waals surface area (Å²) in [6, 6.07) is -0.105. The Hall–Kier alpha value is -1.44. The standard InChI is InChI=1S/C14H24N4O3S/c1-14(2)10-16-13(22-14)18-8-6-17(7-9-18)12(21)15-5-3-4-11(19)20/h3-10H2,1-2H3,(H,15,21)(H,19,20). The molecule has 8 heteroatoms. The van der Waals surface area contributed by atoms with Gasteiger partial charge in [-0.25, -0.2) is 4.79 Å². The predicted octanol–water partition coefficient (Wildman–Crippen LogP) is 1.06. The van der Waals surface area contributed by atoms with Crippen molar-refractivity contribution >= 4 is 28.9 Å². The Morgan fingerprint density at radius 3 is 2.55 bits per heavy atom. The summed E-state index contributed by atoms with van der Waals surface area (Å²) in [4.78, 5) is 31.0. The number of rotatable bonds is 4. The van der Waals surface area contributed by atoms with E-state index in [0.717, 1.165) is 24.8 Å². The third-order valence-electron chi connectivity index (χ3n) is 3.64. The zero-order chi connectivity index (χ0) is 16.2. The third kappa shape index (κ3) is 4.79. The number of aliphatic imine (C=N–C) groups is 1. The van der Waals surface area contributed by atoms with E-state index in [2.05, 4.69) is 29.1 Å². The number of nitrogens with one attached hydrogen (secondary N) is 1. The second kappa shape index (κ2) is 7.21. The van der Waals surface area contributed by atoms with E-state index in [4.69, 9.17) is 5.11 Å². The Morgan fingerprint density at radius 2 is 2.00 bits per heavy atom. The number of amides is 2. The molecule has 0 bridgehead atoms. The van der Waals surface area contributed by atoms with Crippen LogP contribution in [0.4, 0.5) is 4.79 Å². The molecule has 1 saturated heterocycles. The number of hydrogen-bond donors (Lipinski definition) is 2. The molecule has 0 spiro atoms. The van der Waals surface area contributed by atoms with E-state index >= 15 is 0 Å². The number of amidine groups is 1. The smallest absolute Gasteiger partial charge is 0.317 e. The summed E-state index contributed by atoms with van der Waals surface area (Å²) in [5.41, 5.74) is 0. The normalized spacial score (nSPS) is 20.7. The summed E-state index contributed by atoms with van der Waals surface area (Å²) >= 11 is 1.80. The lowest BCUT2D eigenvalue weighted by Gasteiger charge is -2.35. The van der Waals surface area contributed by atoms with Crippen molar-refractivity contribution in [2.45, 2.75) is 31.4 Å². The molecule has 0 saturated carbocycles. The Morgan fingerprint density at radius 1 is 1.32 bits per heavy atom. The van der Waals surface area contributed by atoms with E-state index in [9.17, 15) is 9.59 Å². The van der Waals surface area contributed by atoms with Crippen LogP contribution in [0.3, 0.4) is 0 Å². The van der Waals surface area contributed by atoms with Gasteiger partial charge in [0.25, 0.3) is 0 Å². The highest BCUT2D eigenvalue weighted by molar-refractivity contribution is 8.15. The summed E-state index contributed by atoms with van der Waals surface area (Å²) in [5, 5.41) is 12.4. The minimum absolute atomic E-state index is 0.0842. The quantitative estimate of drug-likeness (QED) is 0.754. The van der Waals surface area contributed by atoms with Gasteiger partial charge in [0.2, 0.25) is 0 Å². The number of carboxylic acid groups (broad SMARTS) is 1. The van der Waals surface area contributed by atoms with Crippen LogP contribution in [0.1, 0.15) is 26.7 Å². The van der Waals surface area contributed by atoms with Crippen molar-refractivity contribution in [1.82, 2.24) is 15.1 Å². The van der Waals surface area contributed by atoms with E-state index < -0.39 is 5.97 Å². The first-order valence-corrected chi connectivity index (χ1v) is 8.42. The van der Waals surface area contributed by atoms with Crippen LogP contribution in [0, 0.1) is 0 Å². The Balaban J connectivity index is 1.68. The second-order valence-corrected chi connectivity index (χ2v) is 7.84. The minimum atomic E-state index is -0.833. The maximum Gasteiger partial charge on any atom is 0.317 e. The molecule has 22 heavy (non-hydrogen) atoms. The molecular formula is C14H24N4O3S. The fraction of sp³-hybridized carbons (Fsp3) is 0.786. The SMILES string of the molecule is CC1(C)CN=C(N2CCN(C(=O)NCCCC(=O)O)CC2)S1. The van der Waals surface area contributed by atoms with Crippen molar-refractivity contribution in [1.29, 1.82) is 0 Å². The summed E-state index contributed by atoms with van der Waals surface area (Å²) in [7, 11) is 0. The number of piperazine rings is 1. The second-order valence-electron chi connectivity index (χ2n) is 6.16. The van der Waals surface area contributed by atoms with Gasteiger partial charge in [0, 0.05) is 43.9 Å². The first-order valence-electron chi connectivity index (χ1n) is 7.60. The van der Waals surface area contributed by atoms with Crippen molar-refractivity contribution in [3.05, 3.63) is 0 Å². The van der Waals surface area contributed by atoms with Gasteiger partial charge in [0.1, 0.15) is 0 Å². The number of urea groups is 1. The maximum atomic E-state index is 12.0. The van der Waals surface area contributed by atoms with Gasteiger partial charge in [-0.2, -0.15) is 0 Å². The Kier molecular flexibility index (Phi) is 5.55. The highest BCUT2D eigenvalue weighted by Crippen LogP contribution is 2.33. The first-order chi connectivity index (χ1) is 10.4. The monoisotopic (exact) mass is 328 g/mol. The number of thioether (sulfide) groups is 1. The number of carboxylic acids is 1. The lowest BCUT2D eigenvalue weighted by Crippen LogP contribution is -2.52. The van der Waals surface area contributed by atoms with Gasteiger partial charge in [0.05, 0.1) is 6.54 Å². The van der Waals surface area contributed by atoms with Crippen molar-refractivity contribution < 1.29 is 14.7 Å². The molecule has 2 rings (SSSR count). The summed E-state index contributed by atoms with van der Waals surface area (Å²) in [6.45, 7) is 8.56. The number of hydrogen-bond acceptors (Lipinski definition) is 5. The summed E-state index contributed by atoms with van der Waals surface area (Å²) < 4.78 is 0.175. The largest absolute Gasteiger partial charge is 0.481 e. The van der Waals surface area contributed by atoms with Crippen LogP contribution in [-0.2, 0) is 4.79 Å². The molecule has 2 N–H and O–H groups in total. The van der Waals surface area contributed by atoms with Gasteiger partial charge in [-0.1, -0.05) is 11.8 Å². The van der Waals surface area contributed by atoms with Crippen molar-refractivity contribution in [2.24, 2.45) is 4.99 Å². The van der Waals surface area contributed by atoms with Crippen molar-refractivity contribution in [2.75, 3.05) is 39.3 Å². The van der Waals surface area contributed by atoms with Crippen molar-refractivity contribution in [3.8, 4) is 0 Å². The molecule has 124 valence electrons. The van der Waals surface area contributed by atoms with E-state index in [0.29, 0.717) is 26.1 Å². The van der Waals surface area contributed by atoms with Crippen LogP contribution in [-0.4, -0.2) is 76.1 Å². The molecule has 2 heterocycles. The average molecular weight is 328 g/mol. The summed E-state index contributed by atoms with van der Waals surface area (Å²) in [6.07, 6.45) is 0.546. The molecule has 0 unspecified atom stereocenters. The predicted molar refractivity (Wildman–Crippen MR) is 87.4 cm³/mol. The van der Waals surface area contributed by atoms with Gasteiger partial charge >= 0.3 is 12.0 Å². The highest BCUT2D eigenvalue weighted by Gasteiger charge is 2.32. The Bertz CT molecular complexity index is 459. The fourth-order valence-electron chi connectivity index (χ4n) is 2.38. The third-order valence-corrected chi connectivity index (χ3v) is 4.90. The summed E-state index contributed by atoms with van der Waals surface area (Å²) in [5.74, 6) is -0.833. The lowest BCUT2D eigenvalue weighted by molar-refractivity contribution is -0.137. The topological polar surface area (TPSA) is 85.2 Å². The first kappa shape index (κ1) is 16.9. The van der Waals surface area contributed by atoms with Crippen LogP contribution in [0.25, 0.3) is 0 Å².